The minimum absolute atomic E-state index is 0.0587. The van der Waals surface area contributed by atoms with Gasteiger partial charge in [0.05, 0.1) is 5.02 Å². The fourth-order valence-electron chi connectivity index (χ4n) is 2.57. The molecule has 0 atom stereocenters. The number of ether oxygens (including phenoxy) is 2. The summed E-state index contributed by atoms with van der Waals surface area (Å²) in [5.74, 6) is 0.315. The SMILES string of the molecule is O=C(CCCC(=O)c1ccc2c(c1)OCCO2)Nc1ccc(F)c(Cl)c1. The normalized spacial score (nSPS) is 12.5. The van der Waals surface area contributed by atoms with E-state index in [9.17, 15) is 14.0 Å². The minimum atomic E-state index is -0.547. The molecule has 1 amide bonds. The molecule has 0 spiro atoms. The summed E-state index contributed by atoms with van der Waals surface area (Å²) < 4.78 is 24.0. The maximum Gasteiger partial charge on any atom is 0.224 e. The summed E-state index contributed by atoms with van der Waals surface area (Å²) in [6.45, 7) is 0.951. The maximum absolute atomic E-state index is 13.1. The van der Waals surface area contributed by atoms with E-state index in [-0.39, 0.29) is 29.6 Å². The summed E-state index contributed by atoms with van der Waals surface area (Å²) in [6.07, 6.45) is 0.802. The molecule has 7 heteroatoms. The zero-order valence-corrected chi connectivity index (χ0v) is 14.6. The van der Waals surface area contributed by atoms with Crippen molar-refractivity contribution in [1.82, 2.24) is 0 Å². The average molecular weight is 378 g/mol. The van der Waals surface area contributed by atoms with Gasteiger partial charge in [-0.3, -0.25) is 9.59 Å². The lowest BCUT2D eigenvalue weighted by molar-refractivity contribution is -0.116. The van der Waals surface area contributed by atoms with Crippen molar-refractivity contribution < 1.29 is 23.5 Å². The number of nitrogens with one attached hydrogen (secondary N) is 1. The monoisotopic (exact) mass is 377 g/mol. The first-order chi connectivity index (χ1) is 12.5. The number of anilines is 1. The van der Waals surface area contributed by atoms with Crippen molar-refractivity contribution in [3.63, 3.8) is 0 Å². The van der Waals surface area contributed by atoms with E-state index in [2.05, 4.69) is 5.32 Å². The molecule has 1 aliphatic heterocycles. The molecular formula is C19H17ClFNO4. The molecule has 1 N–H and O–H groups in total. The van der Waals surface area contributed by atoms with Gasteiger partial charge in [-0.15, -0.1) is 0 Å². The molecule has 0 saturated carbocycles. The van der Waals surface area contributed by atoms with Crippen molar-refractivity contribution in [3.05, 3.63) is 52.8 Å². The van der Waals surface area contributed by atoms with Gasteiger partial charge in [0.1, 0.15) is 19.0 Å². The quantitative estimate of drug-likeness (QED) is 0.765. The Labute approximate surface area is 155 Å². The van der Waals surface area contributed by atoms with E-state index in [1.54, 1.807) is 18.2 Å². The number of hydrogen-bond donors (Lipinski definition) is 1. The van der Waals surface area contributed by atoms with Gasteiger partial charge in [0.2, 0.25) is 5.91 Å². The molecule has 1 aliphatic rings. The molecule has 2 aromatic rings. The summed E-state index contributed by atoms with van der Waals surface area (Å²) in [4.78, 5) is 24.2. The van der Waals surface area contributed by atoms with Crippen LogP contribution in [0.15, 0.2) is 36.4 Å². The molecule has 0 unspecified atom stereocenters. The van der Waals surface area contributed by atoms with Gasteiger partial charge >= 0.3 is 0 Å². The summed E-state index contributed by atoms with van der Waals surface area (Å²) in [6, 6.07) is 9.03. The number of carbonyl (C=O) groups excluding carboxylic acids is 2. The van der Waals surface area contributed by atoms with Crippen molar-refractivity contribution in [2.24, 2.45) is 0 Å². The number of halogens is 2. The van der Waals surface area contributed by atoms with Crippen LogP contribution < -0.4 is 14.8 Å². The molecule has 1 heterocycles. The second-order valence-electron chi connectivity index (χ2n) is 5.81. The highest BCUT2D eigenvalue weighted by Gasteiger charge is 2.15. The Morgan fingerprint density at radius 3 is 2.58 bits per heavy atom. The number of benzene rings is 2. The number of ketones is 1. The van der Waals surface area contributed by atoms with E-state index >= 15 is 0 Å². The molecule has 0 aromatic heterocycles. The first-order valence-electron chi connectivity index (χ1n) is 8.20. The molecule has 0 aliphatic carbocycles. The first kappa shape index (κ1) is 18.2. The maximum atomic E-state index is 13.1. The fraction of sp³-hybridized carbons (Fsp3) is 0.263. The van der Waals surface area contributed by atoms with Gasteiger partial charge in [0, 0.05) is 24.1 Å². The highest BCUT2D eigenvalue weighted by atomic mass is 35.5. The summed E-state index contributed by atoms with van der Waals surface area (Å²) in [5, 5.41) is 2.57. The topological polar surface area (TPSA) is 64.6 Å². The van der Waals surface area contributed by atoms with Crippen LogP contribution in [0.2, 0.25) is 5.02 Å². The molecule has 3 rings (SSSR count). The lowest BCUT2D eigenvalue weighted by Crippen LogP contribution is -2.16. The molecular weight excluding hydrogens is 361 g/mol. The van der Waals surface area contributed by atoms with Crippen molar-refractivity contribution in [3.8, 4) is 11.5 Å². The van der Waals surface area contributed by atoms with Crippen LogP contribution in [0.25, 0.3) is 0 Å². The van der Waals surface area contributed by atoms with Crippen LogP contribution in [0.3, 0.4) is 0 Å². The minimum Gasteiger partial charge on any atom is -0.486 e. The smallest absolute Gasteiger partial charge is 0.224 e. The number of carbonyl (C=O) groups is 2. The molecule has 0 saturated heterocycles. The van der Waals surface area contributed by atoms with Crippen molar-refractivity contribution >= 4 is 29.0 Å². The standard InChI is InChI=1S/C19H17ClFNO4/c20-14-11-13(5-6-15(14)21)22-19(24)3-1-2-16(23)12-4-7-17-18(10-12)26-9-8-25-17/h4-7,10-11H,1-3,8-9H2,(H,22,24). The van der Waals surface area contributed by atoms with Gasteiger partial charge in [-0.25, -0.2) is 4.39 Å². The van der Waals surface area contributed by atoms with E-state index < -0.39 is 5.82 Å². The van der Waals surface area contributed by atoms with E-state index in [0.717, 1.165) is 0 Å². The third-order valence-electron chi connectivity index (χ3n) is 3.88. The molecule has 0 fully saturated rings. The Balaban J connectivity index is 1.48. The van der Waals surface area contributed by atoms with Gasteiger partial charge in [-0.2, -0.15) is 0 Å². The molecule has 2 aromatic carbocycles. The Bertz CT molecular complexity index is 840. The fourth-order valence-corrected chi connectivity index (χ4v) is 2.75. The first-order valence-corrected chi connectivity index (χ1v) is 8.58. The molecule has 136 valence electrons. The van der Waals surface area contributed by atoms with Gasteiger partial charge in [0.25, 0.3) is 0 Å². The van der Waals surface area contributed by atoms with Crippen molar-refractivity contribution in [2.75, 3.05) is 18.5 Å². The van der Waals surface area contributed by atoms with Gasteiger partial charge < -0.3 is 14.8 Å². The molecule has 5 nitrogen and oxygen atoms in total. The average Bonchev–Trinajstić information content (AvgIpc) is 2.64. The van der Waals surface area contributed by atoms with Crippen molar-refractivity contribution in [2.45, 2.75) is 19.3 Å². The van der Waals surface area contributed by atoms with E-state index in [0.29, 0.717) is 42.4 Å². The highest BCUT2D eigenvalue weighted by molar-refractivity contribution is 6.31. The summed E-state index contributed by atoms with van der Waals surface area (Å²) in [5.41, 5.74) is 0.944. The Morgan fingerprint density at radius 1 is 1.04 bits per heavy atom. The Kier molecular flexibility index (Phi) is 5.73. The Hall–Kier alpha value is -2.60. The zero-order chi connectivity index (χ0) is 18.5. The van der Waals surface area contributed by atoms with Gasteiger partial charge in [-0.05, 0) is 42.8 Å². The van der Waals surface area contributed by atoms with E-state index in [1.807, 2.05) is 0 Å². The highest BCUT2D eigenvalue weighted by Crippen LogP contribution is 2.31. The third-order valence-corrected chi connectivity index (χ3v) is 4.16. The van der Waals surface area contributed by atoms with Crippen LogP contribution in [0.4, 0.5) is 10.1 Å². The van der Waals surface area contributed by atoms with Crippen LogP contribution in [-0.4, -0.2) is 24.9 Å². The van der Waals surface area contributed by atoms with E-state index in [1.165, 1.54) is 18.2 Å². The summed E-state index contributed by atoms with van der Waals surface area (Å²) >= 11 is 5.67. The van der Waals surface area contributed by atoms with Crippen LogP contribution in [-0.2, 0) is 4.79 Å². The number of amides is 1. The second-order valence-corrected chi connectivity index (χ2v) is 6.22. The molecule has 0 radical (unpaired) electrons. The lowest BCUT2D eigenvalue weighted by Gasteiger charge is -2.18. The number of rotatable bonds is 6. The third kappa shape index (κ3) is 4.52. The lowest BCUT2D eigenvalue weighted by atomic mass is 10.0. The molecule has 26 heavy (non-hydrogen) atoms. The van der Waals surface area contributed by atoms with Gasteiger partial charge in [-0.1, -0.05) is 11.6 Å². The predicted molar refractivity (Wildman–Crippen MR) is 95.7 cm³/mol. The summed E-state index contributed by atoms with van der Waals surface area (Å²) in [7, 11) is 0. The van der Waals surface area contributed by atoms with Crippen molar-refractivity contribution in [1.29, 1.82) is 0 Å². The second kappa shape index (κ2) is 8.19. The van der Waals surface area contributed by atoms with Crippen LogP contribution in [0, 0.1) is 5.82 Å². The zero-order valence-electron chi connectivity index (χ0n) is 13.9. The van der Waals surface area contributed by atoms with Gasteiger partial charge in [0.15, 0.2) is 17.3 Å². The van der Waals surface area contributed by atoms with Crippen LogP contribution in [0.1, 0.15) is 29.6 Å². The Morgan fingerprint density at radius 2 is 1.81 bits per heavy atom. The van der Waals surface area contributed by atoms with E-state index in [4.69, 9.17) is 21.1 Å². The largest absolute Gasteiger partial charge is 0.486 e. The number of Topliss-reactive ketones (excluding diaryl/α,β-unsaturated/α-hetero) is 1. The number of hydrogen-bond acceptors (Lipinski definition) is 4. The van der Waals surface area contributed by atoms with Crippen LogP contribution >= 0.6 is 11.6 Å². The molecule has 0 bridgehead atoms. The number of fused-ring (bicyclic) bond motifs is 1. The predicted octanol–water partition coefficient (Wildman–Crippen LogP) is 4.24. The van der Waals surface area contributed by atoms with Crippen LogP contribution in [0.5, 0.6) is 11.5 Å².